The fourth-order valence-electron chi connectivity index (χ4n) is 0.846. The van der Waals surface area contributed by atoms with Crippen LogP contribution in [0.25, 0.3) is 0 Å². The molecule has 0 rings (SSSR count). The first-order chi connectivity index (χ1) is 5.87. The quantitative estimate of drug-likeness (QED) is 0.645. The first-order valence-electron chi connectivity index (χ1n) is 4.60. The van der Waals surface area contributed by atoms with E-state index in [0.29, 0.717) is 6.54 Å². The lowest BCUT2D eigenvalue weighted by Gasteiger charge is -2.18. The Hall–Kier alpha value is -0.830. The number of amides is 1. The summed E-state index contributed by atoms with van der Waals surface area (Å²) in [5.41, 5.74) is 6.13. The third-order valence-corrected chi connectivity index (χ3v) is 1.57. The fraction of sp³-hybridized carbons (Fsp3) is 0.700. The highest BCUT2D eigenvalue weighted by Crippen LogP contribution is 1.97. The minimum absolute atomic E-state index is 0.0274. The minimum Gasteiger partial charge on any atom is -0.351 e. The van der Waals surface area contributed by atoms with Crippen molar-refractivity contribution in [1.29, 1.82) is 0 Å². The molecular formula is C10H20N2O. The van der Waals surface area contributed by atoms with Crippen LogP contribution in [0.3, 0.4) is 0 Å². The molecule has 0 bridgehead atoms. The molecule has 0 saturated heterocycles. The second kappa shape index (κ2) is 5.02. The molecule has 0 fully saturated rings. The Bertz CT molecular complexity index is 201. The summed E-state index contributed by atoms with van der Waals surface area (Å²) >= 11 is 0. The highest BCUT2D eigenvalue weighted by Gasteiger charge is 2.12. The molecule has 0 aliphatic carbocycles. The number of hydrogen-bond donors (Lipinski definition) is 2. The largest absolute Gasteiger partial charge is 0.351 e. The Morgan fingerprint density at radius 2 is 2.08 bits per heavy atom. The van der Waals surface area contributed by atoms with Gasteiger partial charge in [0.1, 0.15) is 0 Å². The lowest BCUT2D eigenvalue weighted by Crippen LogP contribution is -2.45. The molecule has 13 heavy (non-hydrogen) atoms. The molecule has 0 atom stereocenters. The molecule has 3 N–H and O–H groups in total. The maximum Gasteiger partial charge on any atom is 0.246 e. The summed E-state index contributed by atoms with van der Waals surface area (Å²) in [6.45, 7) is 8.07. The van der Waals surface area contributed by atoms with Crippen molar-refractivity contribution in [3.05, 3.63) is 11.6 Å². The van der Waals surface area contributed by atoms with Crippen molar-refractivity contribution >= 4 is 5.91 Å². The zero-order chi connectivity index (χ0) is 10.5. The van der Waals surface area contributed by atoms with Gasteiger partial charge < -0.3 is 11.1 Å². The van der Waals surface area contributed by atoms with Gasteiger partial charge in [-0.15, -0.1) is 0 Å². The summed E-state index contributed by atoms with van der Waals surface area (Å²) < 4.78 is 0. The molecule has 76 valence electrons. The zero-order valence-electron chi connectivity index (χ0n) is 8.98. The van der Waals surface area contributed by atoms with Crippen LogP contribution in [0.1, 0.15) is 34.1 Å². The van der Waals surface area contributed by atoms with E-state index in [9.17, 15) is 4.79 Å². The number of nitrogens with two attached hydrogens (primary N) is 1. The highest BCUT2D eigenvalue weighted by atomic mass is 16.1. The van der Waals surface area contributed by atoms with E-state index in [1.807, 2.05) is 33.8 Å². The van der Waals surface area contributed by atoms with E-state index in [0.717, 1.165) is 12.0 Å². The van der Waals surface area contributed by atoms with E-state index < -0.39 is 0 Å². The molecule has 0 aliphatic rings. The van der Waals surface area contributed by atoms with Crippen LogP contribution in [0.5, 0.6) is 0 Å². The average Bonchev–Trinajstić information content (AvgIpc) is 1.99. The Labute approximate surface area is 80.4 Å². The van der Waals surface area contributed by atoms with E-state index in [1.165, 1.54) is 0 Å². The van der Waals surface area contributed by atoms with Gasteiger partial charge in [-0.2, -0.15) is 0 Å². The second-order valence-corrected chi connectivity index (χ2v) is 3.97. The Morgan fingerprint density at radius 1 is 1.54 bits per heavy atom. The maximum absolute atomic E-state index is 11.3. The van der Waals surface area contributed by atoms with Crippen LogP contribution in [0.4, 0.5) is 0 Å². The van der Waals surface area contributed by atoms with Crippen molar-refractivity contribution in [2.24, 2.45) is 5.73 Å². The van der Waals surface area contributed by atoms with Crippen LogP contribution in [-0.2, 0) is 4.79 Å². The molecule has 3 nitrogen and oxygen atoms in total. The van der Waals surface area contributed by atoms with Crippen molar-refractivity contribution in [2.75, 3.05) is 6.54 Å². The highest BCUT2D eigenvalue weighted by molar-refractivity contribution is 5.92. The molecule has 0 aliphatic heterocycles. The predicted molar refractivity (Wildman–Crippen MR) is 55.3 cm³/mol. The number of allylic oxidation sites excluding steroid dienone is 1. The smallest absolute Gasteiger partial charge is 0.246 e. The SMILES string of the molecule is CC/C=C(/C)C(=O)NCC(C)(C)N. The van der Waals surface area contributed by atoms with Gasteiger partial charge in [0.15, 0.2) is 0 Å². The number of carbonyl (C=O) groups is 1. The summed E-state index contributed by atoms with van der Waals surface area (Å²) in [7, 11) is 0. The van der Waals surface area contributed by atoms with Crippen molar-refractivity contribution in [1.82, 2.24) is 5.32 Å². The van der Waals surface area contributed by atoms with E-state index >= 15 is 0 Å². The monoisotopic (exact) mass is 184 g/mol. The molecule has 0 unspecified atom stereocenters. The maximum atomic E-state index is 11.3. The molecule has 0 heterocycles. The van der Waals surface area contributed by atoms with Crippen LogP contribution >= 0.6 is 0 Å². The summed E-state index contributed by atoms with van der Waals surface area (Å²) in [6.07, 6.45) is 2.78. The Balaban J connectivity index is 3.96. The third-order valence-electron chi connectivity index (χ3n) is 1.57. The summed E-state index contributed by atoms with van der Waals surface area (Å²) in [6, 6.07) is 0. The minimum atomic E-state index is -0.345. The van der Waals surface area contributed by atoms with Gasteiger partial charge in [0.2, 0.25) is 5.91 Å². The van der Waals surface area contributed by atoms with Gasteiger partial charge in [0.05, 0.1) is 0 Å². The number of rotatable bonds is 4. The molecule has 0 aromatic heterocycles. The van der Waals surface area contributed by atoms with Gasteiger partial charge in [-0.1, -0.05) is 13.0 Å². The number of nitrogens with one attached hydrogen (secondary N) is 1. The van der Waals surface area contributed by atoms with Crippen molar-refractivity contribution in [2.45, 2.75) is 39.7 Å². The van der Waals surface area contributed by atoms with E-state index in [1.54, 1.807) is 0 Å². The topological polar surface area (TPSA) is 55.1 Å². The van der Waals surface area contributed by atoms with E-state index in [2.05, 4.69) is 5.32 Å². The van der Waals surface area contributed by atoms with Gasteiger partial charge in [-0.25, -0.2) is 0 Å². The molecule has 0 saturated carbocycles. The number of carbonyl (C=O) groups excluding carboxylic acids is 1. The first kappa shape index (κ1) is 12.2. The Kier molecular flexibility index (Phi) is 4.70. The summed E-state index contributed by atoms with van der Waals surface area (Å²) in [5, 5.41) is 2.77. The van der Waals surface area contributed by atoms with Crippen LogP contribution in [0.15, 0.2) is 11.6 Å². The zero-order valence-corrected chi connectivity index (χ0v) is 8.98. The molecule has 0 radical (unpaired) electrons. The van der Waals surface area contributed by atoms with Crippen LogP contribution in [0, 0.1) is 0 Å². The van der Waals surface area contributed by atoms with Crippen LogP contribution in [0.2, 0.25) is 0 Å². The fourth-order valence-corrected chi connectivity index (χ4v) is 0.846. The number of hydrogen-bond acceptors (Lipinski definition) is 2. The summed E-state index contributed by atoms with van der Waals surface area (Å²) in [4.78, 5) is 11.3. The second-order valence-electron chi connectivity index (χ2n) is 3.97. The summed E-state index contributed by atoms with van der Waals surface area (Å²) in [5.74, 6) is -0.0274. The van der Waals surface area contributed by atoms with Gasteiger partial charge in [0, 0.05) is 17.7 Å². The molecular weight excluding hydrogens is 164 g/mol. The van der Waals surface area contributed by atoms with Gasteiger partial charge in [-0.05, 0) is 27.2 Å². The first-order valence-corrected chi connectivity index (χ1v) is 4.60. The standard InChI is InChI=1S/C10H20N2O/c1-5-6-8(2)9(13)12-7-10(3,4)11/h6H,5,7,11H2,1-4H3,(H,12,13)/b8-6-. The Morgan fingerprint density at radius 3 is 2.46 bits per heavy atom. The molecule has 0 spiro atoms. The van der Waals surface area contributed by atoms with Crippen LogP contribution in [-0.4, -0.2) is 18.0 Å². The van der Waals surface area contributed by atoms with Crippen molar-refractivity contribution in [3.8, 4) is 0 Å². The van der Waals surface area contributed by atoms with Crippen molar-refractivity contribution in [3.63, 3.8) is 0 Å². The predicted octanol–water partition coefficient (Wildman–Crippen LogP) is 1.20. The van der Waals surface area contributed by atoms with Crippen molar-refractivity contribution < 1.29 is 4.79 Å². The van der Waals surface area contributed by atoms with Gasteiger partial charge in [-0.3, -0.25) is 4.79 Å². The molecule has 0 aromatic carbocycles. The van der Waals surface area contributed by atoms with Crippen LogP contribution < -0.4 is 11.1 Å². The molecule has 0 aromatic rings. The normalized spacial score (nSPS) is 12.8. The molecule has 3 heteroatoms. The molecule has 1 amide bonds. The average molecular weight is 184 g/mol. The third kappa shape index (κ3) is 6.34. The van der Waals surface area contributed by atoms with Gasteiger partial charge >= 0.3 is 0 Å². The van der Waals surface area contributed by atoms with Gasteiger partial charge in [0.25, 0.3) is 0 Å². The van der Waals surface area contributed by atoms with E-state index in [4.69, 9.17) is 5.73 Å². The lowest BCUT2D eigenvalue weighted by molar-refractivity contribution is -0.117. The lowest BCUT2D eigenvalue weighted by atomic mass is 10.1. The van der Waals surface area contributed by atoms with E-state index in [-0.39, 0.29) is 11.4 Å².